The Morgan fingerprint density at radius 2 is 1.93 bits per heavy atom. The average molecular weight is 388 g/mol. The summed E-state index contributed by atoms with van der Waals surface area (Å²) in [5.41, 5.74) is 3.87. The molecule has 0 bridgehead atoms. The lowest BCUT2D eigenvalue weighted by atomic mass is 9.76. The highest BCUT2D eigenvalue weighted by Crippen LogP contribution is 2.48. The predicted molar refractivity (Wildman–Crippen MR) is 113 cm³/mol. The number of rotatable bonds is 5. The Kier molecular flexibility index (Phi) is 5.16. The number of nitrogens with one attached hydrogen (secondary N) is 2. The van der Waals surface area contributed by atoms with E-state index in [0.717, 1.165) is 17.0 Å². The molecule has 3 N–H and O–H groups in total. The third-order valence-electron chi connectivity index (χ3n) is 5.32. The third-order valence-corrected chi connectivity index (χ3v) is 5.32. The van der Waals surface area contributed by atoms with Gasteiger partial charge in [0.1, 0.15) is 11.6 Å². The van der Waals surface area contributed by atoms with E-state index >= 15 is 0 Å². The molecule has 3 aromatic rings. The standard InChI is InChI=1S/C23H24N4O2/c1-3-24-23(29)18-14(2)26-22-20(19(18)15-9-5-4-6-10-15)21(28)17(27-22)13-16-11-7-8-12-25-16/h4-12,18-19,27-28H,3,13H2,1-2H3,(H,24,29). The number of pyridine rings is 1. The van der Waals surface area contributed by atoms with Crippen molar-refractivity contribution in [3.8, 4) is 5.75 Å². The number of nitrogens with zero attached hydrogens (tertiary/aromatic N) is 2. The van der Waals surface area contributed by atoms with Gasteiger partial charge >= 0.3 is 0 Å². The highest BCUT2D eigenvalue weighted by atomic mass is 16.3. The van der Waals surface area contributed by atoms with Gasteiger partial charge in [-0.3, -0.25) is 9.78 Å². The van der Waals surface area contributed by atoms with Crippen LogP contribution in [0.1, 0.15) is 42.3 Å². The van der Waals surface area contributed by atoms with Crippen LogP contribution >= 0.6 is 0 Å². The second-order valence-electron chi connectivity index (χ2n) is 7.23. The van der Waals surface area contributed by atoms with Crippen LogP contribution in [-0.2, 0) is 11.2 Å². The molecular weight excluding hydrogens is 364 g/mol. The molecule has 4 rings (SSSR count). The Morgan fingerprint density at radius 1 is 1.17 bits per heavy atom. The van der Waals surface area contributed by atoms with Gasteiger partial charge in [0.15, 0.2) is 0 Å². The molecule has 1 aliphatic rings. The molecule has 2 unspecified atom stereocenters. The van der Waals surface area contributed by atoms with Crippen molar-refractivity contribution in [3.05, 3.63) is 77.2 Å². The highest BCUT2D eigenvalue weighted by Gasteiger charge is 2.40. The van der Waals surface area contributed by atoms with Crippen molar-refractivity contribution in [1.82, 2.24) is 15.3 Å². The first kappa shape index (κ1) is 18.9. The van der Waals surface area contributed by atoms with E-state index in [4.69, 9.17) is 0 Å². The molecule has 1 aromatic carbocycles. The highest BCUT2D eigenvalue weighted by molar-refractivity contribution is 6.07. The second-order valence-corrected chi connectivity index (χ2v) is 7.23. The summed E-state index contributed by atoms with van der Waals surface area (Å²) in [6.07, 6.45) is 2.19. The summed E-state index contributed by atoms with van der Waals surface area (Å²) in [5.74, 6) is -0.108. The summed E-state index contributed by atoms with van der Waals surface area (Å²) in [4.78, 5) is 25.2. The van der Waals surface area contributed by atoms with Crippen molar-refractivity contribution in [2.45, 2.75) is 26.2 Å². The van der Waals surface area contributed by atoms with Crippen molar-refractivity contribution in [3.63, 3.8) is 0 Å². The minimum Gasteiger partial charge on any atom is -0.506 e. The van der Waals surface area contributed by atoms with Gasteiger partial charge in [-0.15, -0.1) is 0 Å². The molecule has 3 heterocycles. The van der Waals surface area contributed by atoms with Crippen molar-refractivity contribution in [2.24, 2.45) is 10.9 Å². The topological polar surface area (TPSA) is 90.4 Å². The summed E-state index contributed by atoms with van der Waals surface area (Å²) < 4.78 is 0. The first-order valence-corrected chi connectivity index (χ1v) is 9.81. The maximum Gasteiger partial charge on any atom is 0.229 e. The van der Waals surface area contributed by atoms with E-state index in [1.54, 1.807) is 6.20 Å². The van der Waals surface area contributed by atoms with E-state index in [-0.39, 0.29) is 17.6 Å². The Bertz CT molecular complexity index is 1040. The summed E-state index contributed by atoms with van der Waals surface area (Å²) in [5, 5.41) is 14.0. The summed E-state index contributed by atoms with van der Waals surface area (Å²) in [6.45, 7) is 4.31. The maximum absolute atomic E-state index is 12.9. The van der Waals surface area contributed by atoms with Crippen LogP contribution in [0, 0.1) is 5.92 Å². The number of amides is 1. The van der Waals surface area contributed by atoms with Crippen molar-refractivity contribution in [1.29, 1.82) is 0 Å². The second kappa shape index (κ2) is 7.91. The van der Waals surface area contributed by atoms with E-state index in [0.29, 0.717) is 30.0 Å². The zero-order chi connectivity index (χ0) is 20.4. The van der Waals surface area contributed by atoms with Gasteiger partial charge in [0, 0.05) is 42.0 Å². The molecule has 2 atom stereocenters. The quantitative estimate of drug-likeness (QED) is 0.622. The Morgan fingerprint density at radius 3 is 2.62 bits per heavy atom. The molecule has 29 heavy (non-hydrogen) atoms. The molecule has 1 aliphatic heterocycles. The van der Waals surface area contributed by atoms with E-state index in [1.807, 2.05) is 62.4 Å². The molecular formula is C23H24N4O2. The molecule has 0 saturated heterocycles. The van der Waals surface area contributed by atoms with Gasteiger partial charge in [-0.1, -0.05) is 36.4 Å². The first-order chi connectivity index (χ1) is 14.1. The lowest BCUT2D eigenvalue weighted by Crippen LogP contribution is -2.39. The largest absolute Gasteiger partial charge is 0.506 e. The Balaban J connectivity index is 1.83. The van der Waals surface area contributed by atoms with E-state index in [1.165, 1.54) is 0 Å². The number of aliphatic imine (C=N–C) groups is 1. The molecule has 0 radical (unpaired) electrons. The number of benzene rings is 1. The maximum atomic E-state index is 12.9. The molecule has 6 heteroatoms. The molecule has 0 spiro atoms. The van der Waals surface area contributed by atoms with Crippen LogP contribution in [0.2, 0.25) is 0 Å². The minimum atomic E-state index is -0.478. The molecule has 0 aliphatic carbocycles. The zero-order valence-electron chi connectivity index (χ0n) is 16.5. The molecule has 0 saturated carbocycles. The first-order valence-electron chi connectivity index (χ1n) is 9.81. The van der Waals surface area contributed by atoms with Crippen LogP contribution < -0.4 is 5.32 Å². The van der Waals surface area contributed by atoms with Crippen molar-refractivity contribution in [2.75, 3.05) is 6.54 Å². The zero-order valence-corrected chi connectivity index (χ0v) is 16.5. The summed E-state index contributed by atoms with van der Waals surface area (Å²) >= 11 is 0. The van der Waals surface area contributed by atoms with Crippen LogP contribution in [0.3, 0.4) is 0 Å². The van der Waals surface area contributed by atoms with Crippen LogP contribution in [-0.4, -0.2) is 33.2 Å². The van der Waals surface area contributed by atoms with Crippen LogP contribution in [0.25, 0.3) is 0 Å². The molecule has 148 valence electrons. The number of carbonyl (C=O) groups excluding carboxylic acids is 1. The lowest BCUT2D eigenvalue weighted by molar-refractivity contribution is -0.123. The smallest absolute Gasteiger partial charge is 0.229 e. The van der Waals surface area contributed by atoms with Crippen LogP contribution in [0.5, 0.6) is 5.75 Å². The fourth-order valence-corrected chi connectivity index (χ4v) is 4.04. The average Bonchev–Trinajstić information content (AvgIpc) is 3.03. The van der Waals surface area contributed by atoms with E-state index in [2.05, 4.69) is 20.3 Å². The van der Waals surface area contributed by atoms with Gasteiger partial charge in [-0.25, -0.2) is 4.99 Å². The third kappa shape index (κ3) is 3.53. The molecule has 0 fully saturated rings. The molecule has 2 aromatic heterocycles. The van der Waals surface area contributed by atoms with Crippen molar-refractivity contribution >= 4 is 17.4 Å². The predicted octanol–water partition coefficient (Wildman–Crippen LogP) is 3.70. The number of aromatic amines is 1. The SMILES string of the molecule is CCNC(=O)C1C(C)=Nc2[nH]c(Cc3ccccn3)c(O)c2C1c1ccccc1. The number of carbonyl (C=O) groups is 1. The number of hydrogen-bond donors (Lipinski definition) is 3. The van der Waals surface area contributed by atoms with Crippen molar-refractivity contribution < 1.29 is 9.90 Å². The normalized spacial score (nSPS) is 18.1. The number of H-pyrrole nitrogens is 1. The van der Waals surface area contributed by atoms with E-state index < -0.39 is 5.92 Å². The van der Waals surface area contributed by atoms with Gasteiger partial charge in [0.05, 0.1) is 11.6 Å². The summed E-state index contributed by atoms with van der Waals surface area (Å²) in [7, 11) is 0. The lowest BCUT2D eigenvalue weighted by Gasteiger charge is -2.30. The van der Waals surface area contributed by atoms with Gasteiger partial charge in [-0.05, 0) is 31.5 Å². The fourth-order valence-electron chi connectivity index (χ4n) is 4.04. The minimum absolute atomic E-state index is 0.0832. The van der Waals surface area contributed by atoms with Gasteiger partial charge in [0.25, 0.3) is 0 Å². The van der Waals surface area contributed by atoms with Gasteiger partial charge in [-0.2, -0.15) is 0 Å². The Hall–Kier alpha value is -3.41. The monoisotopic (exact) mass is 388 g/mol. The molecule has 6 nitrogen and oxygen atoms in total. The van der Waals surface area contributed by atoms with Crippen LogP contribution in [0.4, 0.5) is 5.82 Å². The Labute approximate surface area is 169 Å². The summed E-state index contributed by atoms with van der Waals surface area (Å²) in [6, 6.07) is 15.5. The molecule has 1 amide bonds. The number of aromatic hydroxyl groups is 1. The van der Waals surface area contributed by atoms with Gasteiger partial charge < -0.3 is 15.4 Å². The number of hydrogen-bond acceptors (Lipinski definition) is 4. The van der Waals surface area contributed by atoms with Crippen LogP contribution in [0.15, 0.2) is 59.7 Å². The van der Waals surface area contributed by atoms with E-state index in [9.17, 15) is 9.90 Å². The van der Waals surface area contributed by atoms with Gasteiger partial charge in [0.2, 0.25) is 5.91 Å². The fraction of sp³-hybridized carbons (Fsp3) is 0.261. The number of aromatic nitrogens is 2. The number of fused-ring (bicyclic) bond motifs is 1.